The molecule has 0 radical (unpaired) electrons. The number of rotatable bonds is 6. The third kappa shape index (κ3) is 4.52. The molecular weight excluding hydrogens is 421 g/mol. The van der Waals surface area contributed by atoms with Gasteiger partial charge in [-0.25, -0.2) is 22.8 Å². The van der Waals surface area contributed by atoms with Crippen molar-refractivity contribution >= 4 is 15.8 Å². The molecule has 8 nitrogen and oxygen atoms in total. The van der Waals surface area contributed by atoms with Crippen LogP contribution >= 0.6 is 0 Å². The lowest BCUT2D eigenvalue weighted by molar-refractivity contribution is 0.480. The van der Waals surface area contributed by atoms with Crippen LogP contribution in [0, 0.1) is 17.1 Å². The van der Waals surface area contributed by atoms with Crippen LogP contribution in [-0.2, 0) is 10.0 Å². The van der Waals surface area contributed by atoms with Gasteiger partial charge in [0.25, 0.3) is 10.0 Å². The number of anilines is 1. The Morgan fingerprint density at radius 2 is 1.90 bits per heavy atom. The predicted molar refractivity (Wildman–Crippen MR) is 110 cm³/mol. The molecule has 0 amide bonds. The Balaban J connectivity index is 1.55. The Labute approximate surface area is 177 Å². The van der Waals surface area contributed by atoms with E-state index in [1.165, 1.54) is 24.3 Å². The smallest absolute Gasteiger partial charge is 0.263 e. The number of hydrogen-bond donors (Lipinski definition) is 1. The first-order valence-corrected chi connectivity index (χ1v) is 10.4. The molecule has 2 heterocycles. The first kappa shape index (κ1) is 20.1. The Morgan fingerprint density at radius 1 is 1.10 bits per heavy atom. The van der Waals surface area contributed by atoms with Gasteiger partial charge in [-0.15, -0.1) is 0 Å². The molecule has 2 aromatic carbocycles. The van der Waals surface area contributed by atoms with Gasteiger partial charge in [-0.2, -0.15) is 5.26 Å². The zero-order valence-corrected chi connectivity index (χ0v) is 16.6. The molecule has 0 aliphatic rings. The van der Waals surface area contributed by atoms with Crippen LogP contribution in [0.2, 0.25) is 0 Å². The van der Waals surface area contributed by atoms with E-state index in [1.807, 2.05) is 22.8 Å². The van der Waals surface area contributed by atoms with Crippen molar-refractivity contribution in [3.05, 3.63) is 90.9 Å². The SMILES string of the molecule is N#Cc1cc(S(=O)(=O)Nc2ccc(F)cn2)ccc1Oc1ccc(-n2ccnc2)cc1. The summed E-state index contributed by atoms with van der Waals surface area (Å²) in [7, 11) is -4.03. The molecule has 10 heteroatoms. The summed E-state index contributed by atoms with van der Waals surface area (Å²) in [6.45, 7) is 0. The molecule has 4 rings (SSSR count). The summed E-state index contributed by atoms with van der Waals surface area (Å²) in [5.74, 6) is 0.0499. The lowest BCUT2D eigenvalue weighted by atomic mass is 10.2. The maximum Gasteiger partial charge on any atom is 0.263 e. The lowest BCUT2D eigenvalue weighted by Gasteiger charge is -2.11. The van der Waals surface area contributed by atoms with Crippen molar-refractivity contribution in [1.82, 2.24) is 14.5 Å². The van der Waals surface area contributed by atoms with E-state index >= 15 is 0 Å². The summed E-state index contributed by atoms with van der Waals surface area (Å²) < 4.78 is 47.9. The standard InChI is InChI=1S/C21H14FN5O3S/c22-16-1-8-21(25-13-16)26-31(28,29)19-6-7-20(15(11-19)12-23)30-18-4-2-17(3-5-18)27-10-9-24-14-27/h1-11,13-14H,(H,25,26). The third-order valence-electron chi connectivity index (χ3n) is 4.22. The Hall–Kier alpha value is -4.23. The molecule has 0 unspecified atom stereocenters. The van der Waals surface area contributed by atoms with E-state index in [9.17, 15) is 18.1 Å². The number of ether oxygens (including phenoxy) is 1. The minimum absolute atomic E-state index is 0.0358. The fourth-order valence-electron chi connectivity index (χ4n) is 2.71. The molecule has 2 aromatic heterocycles. The number of nitriles is 1. The highest BCUT2D eigenvalue weighted by Gasteiger charge is 2.18. The van der Waals surface area contributed by atoms with E-state index in [1.54, 1.807) is 30.9 Å². The van der Waals surface area contributed by atoms with Crippen LogP contribution in [0.5, 0.6) is 11.5 Å². The van der Waals surface area contributed by atoms with Crippen LogP contribution in [0.15, 0.2) is 84.4 Å². The number of sulfonamides is 1. The Bertz CT molecular complexity index is 1350. The molecule has 31 heavy (non-hydrogen) atoms. The highest BCUT2D eigenvalue weighted by molar-refractivity contribution is 7.92. The summed E-state index contributed by atoms with van der Waals surface area (Å²) >= 11 is 0. The normalized spacial score (nSPS) is 11.0. The Kier molecular flexibility index (Phi) is 5.34. The van der Waals surface area contributed by atoms with E-state index < -0.39 is 15.8 Å². The van der Waals surface area contributed by atoms with Crippen LogP contribution < -0.4 is 9.46 Å². The fourth-order valence-corrected chi connectivity index (χ4v) is 3.74. The number of pyridine rings is 1. The van der Waals surface area contributed by atoms with Crippen LogP contribution in [0.1, 0.15) is 5.56 Å². The van der Waals surface area contributed by atoms with Crippen molar-refractivity contribution < 1.29 is 17.5 Å². The Morgan fingerprint density at radius 3 is 2.55 bits per heavy atom. The van der Waals surface area contributed by atoms with Gasteiger partial charge in [0, 0.05) is 18.1 Å². The number of nitrogens with zero attached hydrogens (tertiary/aromatic N) is 4. The van der Waals surface area contributed by atoms with E-state index in [4.69, 9.17) is 4.74 Å². The second kappa shape index (κ2) is 8.25. The van der Waals surface area contributed by atoms with Gasteiger partial charge in [0.15, 0.2) is 0 Å². The molecule has 0 bridgehead atoms. The quantitative estimate of drug-likeness (QED) is 0.492. The van der Waals surface area contributed by atoms with Crippen LogP contribution in [0.3, 0.4) is 0 Å². The van der Waals surface area contributed by atoms with Gasteiger partial charge in [-0.05, 0) is 54.6 Å². The number of nitrogens with one attached hydrogen (secondary N) is 1. The second-order valence-electron chi connectivity index (χ2n) is 6.30. The number of hydrogen-bond acceptors (Lipinski definition) is 6. The number of halogens is 1. The molecule has 0 aliphatic carbocycles. The van der Waals surface area contributed by atoms with E-state index in [-0.39, 0.29) is 22.0 Å². The molecule has 0 saturated carbocycles. The maximum atomic E-state index is 13.0. The summed E-state index contributed by atoms with van der Waals surface area (Å²) in [6.07, 6.45) is 6.03. The number of aromatic nitrogens is 3. The molecular formula is C21H14FN5O3S. The van der Waals surface area contributed by atoms with Gasteiger partial charge in [0.05, 0.1) is 23.0 Å². The number of imidazole rings is 1. The van der Waals surface area contributed by atoms with E-state index in [0.29, 0.717) is 5.75 Å². The van der Waals surface area contributed by atoms with Crippen molar-refractivity contribution in [2.75, 3.05) is 4.72 Å². The molecule has 1 N–H and O–H groups in total. The molecule has 0 saturated heterocycles. The average Bonchev–Trinajstić information content (AvgIpc) is 3.31. The summed E-state index contributed by atoms with van der Waals surface area (Å²) in [4.78, 5) is 7.51. The van der Waals surface area contributed by atoms with Crippen molar-refractivity contribution in [3.63, 3.8) is 0 Å². The fraction of sp³-hybridized carbons (Fsp3) is 0. The number of benzene rings is 2. The first-order valence-electron chi connectivity index (χ1n) is 8.89. The van der Waals surface area contributed by atoms with Gasteiger partial charge >= 0.3 is 0 Å². The van der Waals surface area contributed by atoms with Crippen molar-refractivity contribution in [2.45, 2.75) is 4.90 Å². The summed E-state index contributed by atoms with van der Waals surface area (Å²) in [6, 6.07) is 15.2. The minimum atomic E-state index is -4.03. The summed E-state index contributed by atoms with van der Waals surface area (Å²) in [5.41, 5.74) is 0.918. The molecule has 0 aliphatic heterocycles. The van der Waals surface area contributed by atoms with Crippen LogP contribution in [0.4, 0.5) is 10.2 Å². The van der Waals surface area contributed by atoms with Crippen molar-refractivity contribution in [3.8, 4) is 23.3 Å². The van der Waals surface area contributed by atoms with Gasteiger partial charge in [-0.1, -0.05) is 0 Å². The average molecular weight is 435 g/mol. The molecule has 154 valence electrons. The maximum absolute atomic E-state index is 13.0. The topological polar surface area (TPSA) is 110 Å². The summed E-state index contributed by atoms with van der Waals surface area (Å²) in [5, 5.41) is 9.47. The van der Waals surface area contributed by atoms with Gasteiger partial charge < -0.3 is 9.30 Å². The predicted octanol–water partition coefficient (Wildman–Crippen LogP) is 3.87. The lowest BCUT2D eigenvalue weighted by Crippen LogP contribution is -2.14. The van der Waals surface area contributed by atoms with Gasteiger partial charge in [0.2, 0.25) is 0 Å². The molecule has 0 fully saturated rings. The third-order valence-corrected chi connectivity index (χ3v) is 5.57. The minimum Gasteiger partial charge on any atom is -0.456 e. The molecule has 4 aromatic rings. The first-order chi connectivity index (χ1) is 14.9. The largest absolute Gasteiger partial charge is 0.456 e. The molecule has 0 atom stereocenters. The highest BCUT2D eigenvalue weighted by atomic mass is 32.2. The van der Waals surface area contributed by atoms with Crippen LogP contribution in [-0.4, -0.2) is 23.0 Å². The van der Waals surface area contributed by atoms with E-state index in [2.05, 4.69) is 14.7 Å². The van der Waals surface area contributed by atoms with Crippen molar-refractivity contribution in [2.24, 2.45) is 0 Å². The van der Waals surface area contributed by atoms with Gasteiger partial charge in [-0.3, -0.25) is 4.72 Å². The van der Waals surface area contributed by atoms with Crippen molar-refractivity contribution in [1.29, 1.82) is 5.26 Å². The molecule has 0 spiro atoms. The van der Waals surface area contributed by atoms with Crippen LogP contribution in [0.25, 0.3) is 5.69 Å². The van der Waals surface area contributed by atoms with E-state index in [0.717, 1.165) is 18.0 Å². The zero-order valence-electron chi connectivity index (χ0n) is 15.8. The second-order valence-corrected chi connectivity index (χ2v) is 7.99. The monoisotopic (exact) mass is 435 g/mol. The zero-order chi connectivity index (χ0) is 21.8. The highest BCUT2D eigenvalue weighted by Crippen LogP contribution is 2.28. The van der Waals surface area contributed by atoms with Gasteiger partial charge in [0.1, 0.15) is 29.2 Å².